The van der Waals surface area contributed by atoms with Crippen LogP contribution in [0.3, 0.4) is 0 Å². The van der Waals surface area contributed by atoms with Crippen molar-refractivity contribution in [3.05, 3.63) is 58.6 Å². The van der Waals surface area contributed by atoms with Crippen LogP contribution >= 0.6 is 23.6 Å². The van der Waals surface area contributed by atoms with E-state index in [4.69, 9.17) is 17.5 Å². The molecule has 0 bridgehead atoms. The van der Waals surface area contributed by atoms with E-state index in [0.717, 1.165) is 24.2 Å². The van der Waals surface area contributed by atoms with Crippen molar-refractivity contribution in [3.63, 3.8) is 0 Å². The molecule has 126 valence electrons. The van der Waals surface area contributed by atoms with Crippen molar-refractivity contribution in [2.24, 2.45) is 5.90 Å². The highest BCUT2D eigenvalue weighted by molar-refractivity contribution is 7.94. The Kier molecular flexibility index (Phi) is 5.27. The van der Waals surface area contributed by atoms with Gasteiger partial charge in [0.15, 0.2) is 0 Å². The van der Waals surface area contributed by atoms with Crippen molar-refractivity contribution < 1.29 is 14.1 Å². The van der Waals surface area contributed by atoms with Gasteiger partial charge in [0.1, 0.15) is 0 Å². The van der Waals surface area contributed by atoms with E-state index < -0.39 is 0 Å². The van der Waals surface area contributed by atoms with Crippen LogP contribution in [0.1, 0.15) is 22.8 Å². The van der Waals surface area contributed by atoms with Crippen LogP contribution in [0.4, 0.5) is 5.69 Å². The molecule has 2 aromatic carbocycles. The van der Waals surface area contributed by atoms with Crippen LogP contribution in [0.15, 0.2) is 47.4 Å². The molecule has 2 aromatic rings. The van der Waals surface area contributed by atoms with E-state index in [2.05, 4.69) is 27.7 Å². The number of hydrogen-bond acceptors (Lipinski definition) is 6. The molecule has 3 N–H and O–H groups in total. The van der Waals surface area contributed by atoms with Gasteiger partial charge in [0.2, 0.25) is 0 Å². The summed E-state index contributed by atoms with van der Waals surface area (Å²) < 4.78 is 4.60. The van der Waals surface area contributed by atoms with Gasteiger partial charge in [0.05, 0.1) is 33.7 Å². The summed E-state index contributed by atoms with van der Waals surface area (Å²) in [7, 11) is 0. The first-order chi connectivity index (χ1) is 11.6. The number of nitrogens with two attached hydrogens (primary N) is 1. The Morgan fingerprint density at radius 2 is 2.17 bits per heavy atom. The van der Waals surface area contributed by atoms with E-state index >= 15 is 0 Å². The van der Waals surface area contributed by atoms with Crippen LogP contribution in [0, 0.1) is 0 Å². The van der Waals surface area contributed by atoms with Gasteiger partial charge in [-0.05, 0) is 43.2 Å². The molecule has 1 aliphatic rings. The molecule has 0 aromatic heterocycles. The van der Waals surface area contributed by atoms with E-state index in [-0.39, 0.29) is 11.9 Å². The van der Waals surface area contributed by atoms with Crippen molar-refractivity contribution in [2.75, 3.05) is 5.01 Å². The fourth-order valence-corrected chi connectivity index (χ4v) is 3.32. The van der Waals surface area contributed by atoms with E-state index in [0.29, 0.717) is 15.5 Å². The first-order valence-electron chi connectivity index (χ1n) is 7.28. The second-order valence-corrected chi connectivity index (χ2v) is 6.54. The Morgan fingerprint density at radius 1 is 1.38 bits per heavy atom. The standard InChI is InChI=1S/C16H16ClN3O3S/c1-10-8-11-4-2-3-5-14(11)20(10)19-16(21)12-6-7-13(17)15(9-12)24-23-22-18/h2-7,9-10H,8,18H2,1H3,(H,19,21). The molecule has 0 fully saturated rings. The van der Waals surface area contributed by atoms with E-state index in [9.17, 15) is 4.79 Å². The zero-order valence-corrected chi connectivity index (χ0v) is 14.4. The van der Waals surface area contributed by atoms with Gasteiger partial charge in [-0.1, -0.05) is 29.8 Å². The molecule has 6 nitrogen and oxygen atoms in total. The van der Waals surface area contributed by atoms with Crippen molar-refractivity contribution in [1.29, 1.82) is 0 Å². The number of halogens is 1. The molecule has 0 aliphatic carbocycles. The average molecular weight is 366 g/mol. The molecular weight excluding hydrogens is 350 g/mol. The molecule has 3 rings (SSSR count). The molecule has 1 amide bonds. The second-order valence-electron chi connectivity index (χ2n) is 5.39. The summed E-state index contributed by atoms with van der Waals surface area (Å²) in [5.41, 5.74) is 5.64. The Bertz CT molecular complexity index is 759. The Hall–Kier alpha value is -1.77. The Morgan fingerprint density at radius 3 is 2.96 bits per heavy atom. The molecule has 1 heterocycles. The van der Waals surface area contributed by atoms with Crippen molar-refractivity contribution in [3.8, 4) is 0 Å². The summed E-state index contributed by atoms with van der Waals surface area (Å²) in [6.07, 6.45) is 0.889. The number of hydrogen-bond donors (Lipinski definition) is 2. The Labute approximate surface area is 148 Å². The quantitative estimate of drug-likeness (QED) is 0.481. The van der Waals surface area contributed by atoms with E-state index in [1.54, 1.807) is 18.2 Å². The normalized spacial score (nSPS) is 16.1. The SMILES string of the molecule is CC1Cc2ccccc2N1NC(=O)c1ccc(Cl)c(SOON)c1. The molecule has 1 atom stereocenters. The molecule has 24 heavy (non-hydrogen) atoms. The number of para-hydroxylation sites is 1. The van der Waals surface area contributed by atoms with Crippen LogP contribution in [-0.2, 0) is 15.7 Å². The van der Waals surface area contributed by atoms with Crippen molar-refractivity contribution >= 4 is 35.2 Å². The third-order valence-electron chi connectivity index (χ3n) is 3.79. The van der Waals surface area contributed by atoms with Crippen LogP contribution in [0.25, 0.3) is 0 Å². The first kappa shape index (κ1) is 17.1. The maximum Gasteiger partial charge on any atom is 0.269 e. The molecular formula is C16H16ClN3O3S. The lowest BCUT2D eigenvalue weighted by Crippen LogP contribution is -2.45. The highest BCUT2D eigenvalue weighted by Crippen LogP contribution is 2.31. The highest BCUT2D eigenvalue weighted by Gasteiger charge is 2.27. The summed E-state index contributed by atoms with van der Waals surface area (Å²) in [5.74, 6) is 4.59. The lowest BCUT2D eigenvalue weighted by molar-refractivity contribution is -0.195. The fraction of sp³-hybridized carbons (Fsp3) is 0.188. The Balaban J connectivity index is 1.78. The minimum Gasteiger partial charge on any atom is -0.282 e. The number of carbonyl (C=O) groups is 1. The summed E-state index contributed by atoms with van der Waals surface area (Å²) >= 11 is 6.90. The van der Waals surface area contributed by atoms with Crippen LogP contribution < -0.4 is 16.3 Å². The van der Waals surface area contributed by atoms with Gasteiger partial charge in [-0.25, -0.2) is 0 Å². The number of benzene rings is 2. The monoisotopic (exact) mass is 365 g/mol. The van der Waals surface area contributed by atoms with Gasteiger partial charge < -0.3 is 0 Å². The van der Waals surface area contributed by atoms with Crippen molar-refractivity contribution in [2.45, 2.75) is 24.3 Å². The minimum absolute atomic E-state index is 0.182. The van der Waals surface area contributed by atoms with E-state index in [1.165, 1.54) is 5.56 Å². The van der Waals surface area contributed by atoms with Gasteiger partial charge in [0, 0.05) is 5.56 Å². The summed E-state index contributed by atoms with van der Waals surface area (Å²) in [5, 5.41) is 2.33. The zero-order valence-electron chi connectivity index (χ0n) is 12.9. The largest absolute Gasteiger partial charge is 0.282 e. The van der Waals surface area contributed by atoms with Crippen LogP contribution in [-0.4, -0.2) is 11.9 Å². The lowest BCUT2D eigenvalue weighted by atomic mass is 10.1. The number of rotatable bonds is 5. The van der Waals surface area contributed by atoms with Gasteiger partial charge in [-0.15, -0.1) is 9.32 Å². The number of nitrogens with zero attached hydrogens (tertiary/aromatic N) is 1. The first-order valence-corrected chi connectivity index (χ1v) is 8.40. The number of nitrogens with one attached hydrogen (secondary N) is 1. The fourth-order valence-electron chi connectivity index (χ4n) is 2.67. The maximum atomic E-state index is 12.6. The topological polar surface area (TPSA) is 76.8 Å². The third-order valence-corrected chi connectivity index (χ3v) is 4.89. The predicted octanol–water partition coefficient (Wildman–Crippen LogP) is 3.27. The molecule has 1 unspecified atom stereocenters. The molecule has 0 saturated carbocycles. The molecule has 0 radical (unpaired) electrons. The van der Waals surface area contributed by atoms with Gasteiger partial charge in [0.25, 0.3) is 5.91 Å². The number of amides is 1. The zero-order chi connectivity index (χ0) is 17.1. The number of carbonyl (C=O) groups excluding carboxylic acids is 1. The van der Waals surface area contributed by atoms with Gasteiger partial charge in [-0.3, -0.25) is 15.2 Å². The highest BCUT2D eigenvalue weighted by atomic mass is 35.5. The summed E-state index contributed by atoms with van der Waals surface area (Å²) in [6.45, 7) is 2.07. The van der Waals surface area contributed by atoms with E-state index in [1.807, 2.05) is 23.2 Å². The smallest absolute Gasteiger partial charge is 0.269 e. The maximum absolute atomic E-state index is 12.6. The van der Waals surface area contributed by atoms with Crippen molar-refractivity contribution in [1.82, 2.24) is 5.43 Å². The van der Waals surface area contributed by atoms with Crippen LogP contribution in [0.2, 0.25) is 5.02 Å². The number of anilines is 1. The average Bonchev–Trinajstić information content (AvgIpc) is 2.90. The second kappa shape index (κ2) is 7.42. The summed E-state index contributed by atoms with van der Waals surface area (Å²) in [4.78, 5) is 17.2. The van der Waals surface area contributed by atoms with Crippen LogP contribution in [0.5, 0.6) is 0 Å². The molecule has 0 saturated heterocycles. The predicted molar refractivity (Wildman–Crippen MR) is 93.2 cm³/mol. The molecule has 0 spiro atoms. The number of fused-ring (bicyclic) bond motifs is 1. The van der Waals surface area contributed by atoms with Gasteiger partial charge in [-0.2, -0.15) is 5.90 Å². The van der Waals surface area contributed by atoms with Gasteiger partial charge >= 0.3 is 0 Å². The minimum atomic E-state index is -0.231. The number of hydrazine groups is 1. The summed E-state index contributed by atoms with van der Waals surface area (Å²) in [6, 6.07) is 13.1. The molecule has 1 aliphatic heterocycles. The molecule has 8 heteroatoms. The lowest BCUT2D eigenvalue weighted by Gasteiger charge is -2.25. The third kappa shape index (κ3) is 3.50.